The lowest BCUT2D eigenvalue weighted by atomic mass is 10.1. The topological polar surface area (TPSA) is 64.1 Å². The second-order valence-corrected chi connectivity index (χ2v) is 6.58. The van der Waals surface area contributed by atoms with Gasteiger partial charge in [-0.15, -0.1) is 11.3 Å². The number of carbonyl (C=O) groups excluding carboxylic acids is 1. The summed E-state index contributed by atoms with van der Waals surface area (Å²) in [5, 5.41) is 4.18. The van der Waals surface area contributed by atoms with Crippen LogP contribution in [0.4, 0.5) is 11.5 Å². The number of esters is 1. The standard InChI is InChI=1S/C17H16ClN3O2S/c1-4-10-5-7-11(8-6-10)19-14-12-9(2)13(16(22)23-3)24-15(12)21-17(18)20-14/h5-8H,4H2,1-3H3,(H,19,20,21). The zero-order chi connectivity index (χ0) is 17.3. The van der Waals surface area contributed by atoms with Crippen LogP contribution in [0.15, 0.2) is 24.3 Å². The van der Waals surface area contributed by atoms with Gasteiger partial charge in [0.2, 0.25) is 5.28 Å². The van der Waals surface area contributed by atoms with Crippen LogP contribution in [0.25, 0.3) is 10.2 Å². The third-order valence-corrected chi connectivity index (χ3v) is 5.09. The number of hydrogen-bond acceptors (Lipinski definition) is 6. The number of fused-ring (bicyclic) bond motifs is 1. The number of anilines is 2. The molecule has 0 aliphatic rings. The summed E-state index contributed by atoms with van der Waals surface area (Å²) in [6.07, 6.45) is 0.982. The molecule has 0 saturated heterocycles. The van der Waals surface area contributed by atoms with Crippen LogP contribution in [-0.2, 0) is 11.2 Å². The fraction of sp³-hybridized carbons (Fsp3) is 0.235. The number of carbonyl (C=O) groups is 1. The van der Waals surface area contributed by atoms with Crippen molar-refractivity contribution in [1.29, 1.82) is 0 Å². The van der Waals surface area contributed by atoms with Crippen molar-refractivity contribution >= 4 is 50.6 Å². The predicted molar refractivity (Wildman–Crippen MR) is 97.6 cm³/mol. The summed E-state index contributed by atoms with van der Waals surface area (Å²) in [5.74, 6) is 0.197. The molecule has 0 unspecified atom stereocenters. The highest BCUT2D eigenvalue weighted by Gasteiger charge is 2.20. The van der Waals surface area contributed by atoms with Gasteiger partial charge in [0.25, 0.3) is 0 Å². The zero-order valence-electron chi connectivity index (χ0n) is 13.5. The Morgan fingerprint density at radius 2 is 2.00 bits per heavy atom. The van der Waals surface area contributed by atoms with Crippen molar-refractivity contribution in [3.05, 3.63) is 45.6 Å². The Kier molecular flexibility index (Phi) is 4.69. The normalized spacial score (nSPS) is 10.8. The molecule has 1 aromatic carbocycles. The number of methoxy groups -OCH3 is 1. The first-order valence-corrected chi connectivity index (χ1v) is 8.63. The average Bonchev–Trinajstić information content (AvgIpc) is 2.91. The fourth-order valence-corrected chi connectivity index (χ4v) is 3.77. The van der Waals surface area contributed by atoms with Crippen molar-refractivity contribution in [2.24, 2.45) is 0 Å². The Hall–Kier alpha value is -2.18. The molecule has 124 valence electrons. The van der Waals surface area contributed by atoms with E-state index in [1.54, 1.807) is 0 Å². The van der Waals surface area contributed by atoms with Crippen molar-refractivity contribution in [1.82, 2.24) is 9.97 Å². The summed E-state index contributed by atoms with van der Waals surface area (Å²) in [6.45, 7) is 3.97. The number of benzene rings is 1. The first-order chi connectivity index (χ1) is 11.5. The van der Waals surface area contributed by atoms with E-state index in [4.69, 9.17) is 16.3 Å². The molecule has 5 nitrogen and oxygen atoms in total. The Balaban J connectivity index is 2.08. The molecule has 0 radical (unpaired) electrons. The van der Waals surface area contributed by atoms with Crippen LogP contribution in [0.5, 0.6) is 0 Å². The van der Waals surface area contributed by atoms with Gasteiger partial charge in [0.05, 0.1) is 12.5 Å². The van der Waals surface area contributed by atoms with E-state index in [0.717, 1.165) is 23.1 Å². The highest BCUT2D eigenvalue weighted by atomic mass is 35.5. The first kappa shape index (κ1) is 16.7. The van der Waals surface area contributed by atoms with Crippen LogP contribution in [0.2, 0.25) is 5.28 Å². The van der Waals surface area contributed by atoms with Gasteiger partial charge in [0, 0.05) is 5.69 Å². The smallest absolute Gasteiger partial charge is 0.348 e. The van der Waals surface area contributed by atoms with E-state index >= 15 is 0 Å². The molecule has 7 heteroatoms. The monoisotopic (exact) mass is 361 g/mol. The van der Waals surface area contributed by atoms with Gasteiger partial charge in [-0.1, -0.05) is 19.1 Å². The number of aryl methyl sites for hydroxylation is 2. The van der Waals surface area contributed by atoms with E-state index in [9.17, 15) is 4.79 Å². The lowest BCUT2D eigenvalue weighted by molar-refractivity contribution is 0.0605. The summed E-state index contributed by atoms with van der Waals surface area (Å²) in [4.78, 5) is 21.6. The molecule has 0 atom stereocenters. The van der Waals surface area contributed by atoms with Gasteiger partial charge in [-0.2, -0.15) is 4.98 Å². The van der Waals surface area contributed by atoms with Crippen LogP contribution in [0.3, 0.4) is 0 Å². The number of hydrogen-bond donors (Lipinski definition) is 1. The minimum absolute atomic E-state index is 0.132. The Labute approximate surface area is 148 Å². The molecule has 0 saturated carbocycles. The van der Waals surface area contributed by atoms with E-state index in [1.165, 1.54) is 24.0 Å². The summed E-state index contributed by atoms with van der Waals surface area (Å²) < 4.78 is 4.83. The SMILES string of the molecule is CCc1ccc(Nc2nc(Cl)nc3sc(C(=O)OC)c(C)c23)cc1. The van der Waals surface area contributed by atoms with Gasteiger partial charge in [0.1, 0.15) is 15.5 Å². The molecule has 0 aliphatic heterocycles. The zero-order valence-corrected chi connectivity index (χ0v) is 15.1. The van der Waals surface area contributed by atoms with Gasteiger partial charge in [-0.05, 0) is 48.2 Å². The van der Waals surface area contributed by atoms with Crippen LogP contribution in [0.1, 0.15) is 27.7 Å². The molecular formula is C17H16ClN3O2S. The maximum atomic E-state index is 11.9. The van der Waals surface area contributed by atoms with Crippen LogP contribution >= 0.6 is 22.9 Å². The van der Waals surface area contributed by atoms with Crippen molar-refractivity contribution in [3.63, 3.8) is 0 Å². The number of thiophene rings is 1. The lowest BCUT2D eigenvalue weighted by Gasteiger charge is -2.08. The van der Waals surface area contributed by atoms with E-state index in [2.05, 4.69) is 34.3 Å². The fourth-order valence-electron chi connectivity index (χ4n) is 2.45. The second-order valence-electron chi connectivity index (χ2n) is 5.24. The molecule has 0 aliphatic carbocycles. The number of nitrogens with one attached hydrogen (secondary N) is 1. The summed E-state index contributed by atoms with van der Waals surface area (Å²) in [7, 11) is 1.36. The van der Waals surface area contributed by atoms with Gasteiger partial charge in [0.15, 0.2) is 0 Å². The average molecular weight is 362 g/mol. The third-order valence-electron chi connectivity index (χ3n) is 3.76. The van der Waals surface area contributed by atoms with Crippen molar-refractivity contribution < 1.29 is 9.53 Å². The highest BCUT2D eigenvalue weighted by molar-refractivity contribution is 7.20. The second kappa shape index (κ2) is 6.75. The third kappa shape index (κ3) is 3.07. The molecule has 3 aromatic rings. The van der Waals surface area contributed by atoms with E-state index in [0.29, 0.717) is 15.5 Å². The number of nitrogens with zero attached hydrogens (tertiary/aromatic N) is 2. The molecule has 24 heavy (non-hydrogen) atoms. The maximum absolute atomic E-state index is 11.9. The van der Waals surface area contributed by atoms with Crippen molar-refractivity contribution in [2.45, 2.75) is 20.3 Å². The number of halogens is 1. The summed E-state index contributed by atoms with van der Waals surface area (Å²) >= 11 is 7.29. The summed E-state index contributed by atoms with van der Waals surface area (Å²) in [5.41, 5.74) is 2.94. The molecular weight excluding hydrogens is 346 g/mol. The van der Waals surface area contributed by atoms with Gasteiger partial charge < -0.3 is 10.1 Å². The lowest BCUT2D eigenvalue weighted by Crippen LogP contribution is -2.00. The van der Waals surface area contributed by atoms with Crippen LogP contribution in [0, 0.1) is 6.92 Å². The minimum atomic E-state index is -0.384. The van der Waals surface area contributed by atoms with Gasteiger partial charge >= 0.3 is 5.97 Å². The quantitative estimate of drug-likeness (QED) is 0.536. The molecule has 0 fully saturated rings. The van der Waals surface area contributed by atoms with Crippen molar-refractivity contribution in [3.8, 4) is 0 Å². The Morgan fingerprint density at radius 3 is 2.62 bits per heavy atom. The molecule has 2 aromatic heterocycles. The van der Waals surface area contributed by atoms with Gasteiger partial charge in [-0.25, -0.2) is 9.78 Å². The molecule has 0 bridgehead atoms. The maximum Gasteiger partial charge on any atom is 0.348 e. The van der Waals surface area contributed by atoms with Crippen molar-refractivity contribution in [2.75, 3.05) is 12.4 Å². The number of aromatic nitrogens is 2. The largest absolute Gasteiger partial charge is 0.465 e. The van der Waals surface area contributed by atoms with Crippen LogP contribution in [-0.4, -0.2) is 23.0 Å². The molecule has 3 rings (SSSR count). The number of rotatable bonds is 4. The molecule has 0 spiro atoms. The van der Waals surface area contributed by atoms with Gasteiger partial charge in [-0.3, -0.25) is 0 Å². The Morgan fingerprint density at radius 1 is 1.29 bits per heavy atom. The van der Waals surface area contributed by atoms with Crippen LogP contribution < -0.4 is 5.32 Å². The van der Waals surface area contributed by atoms with E-state index in [-0.39, 0.29) is 11.3 Å². The van der Waals surface area contributed by atoms with E-state index < -0.39 is 0 Å². The molecule has 1 N–H and O–H groups in total. The highest BCUT2D eigenvalue weighted by Crippen LogP contribution is 2.36. The Bertz CT molecular complexity index is 906. The predicted octanol–water partition coefficient (Wildman–Crippen LogP) is 4.75. The molecule has 0 amide bonds. The molecule has 2 heterocycles. The van der Waals surface area contributed by atoms with E-state index in [1.807, 2.05) is 19.1 Å². The summed E-state index contributed by atoms with van der Waals surface area (Å²) in [6, 6.07) is 8.10. The number of ether oxygens (including phenoxy) is 1. The minimum Gasteiger partial charge on any atom is -0.465 e. The first-order valence-electron chi connectivity index (χ1n) is 7.44.